The molecule has 0 spiro atoms. The van der Waals surface area contributed by atoms with Crippen LogP contribution < -0.4 is 0 Å². The first kappa shape index (κ1) is 18.6. The van der Waals surface area contributed by atoms with Gasteiger partial charge < -0.3 is 4.98 Å². The third kappa shape index (κ3) is 4.04. The van der Waals surface area contributed by atoms with Crippen LogP contribution in [0.2, 0.25) is 15.2 Å². The molecule has 0 aliphatic carbocycles. The predicted octanol–water partition coefficient (Wildman–Crippen LogP) is 6.54. The Balaban J connectivity index is 2.45. The standard InChI is InChI=1S/C12H6Cl3F5N2S/c1-4-21-9(15)10(22-4)23-12(19,20)8-6(13)2-5(3-7(8)14)11(16,17)18/h2-3H,1H3,(H,21,22). The van der Waals surface area contributed by atoms with Crippen LogP contribution >= 0.6 is 46.6 Å². The molecule has 1 aromatic carbocycles. The van der Waals surface area contributed by atoms with Crippen LogP contribution in [0.25, 0.3) is 0 Å². The third-order valence-corrected chi connectivity index (χ3v) is 4.56. The number of imidazole rings is 1. The average Bonchev–Trinajstić information content (AvgIpc) is 2.64. The minimum Gasteiger partial charge on any atom is -0.332 e. The maximum absolute atomic E-state index is 14.4. The van der Waals surface area contributed by atoms with E-state index in [1.165, 1.54) is 6.92 Å². The number of aromatic amines is 1. The summed E-state index contributed by atoms with van der Waals surface area (Å²) in [5.74, 6) is 0.304. The van der Waals surface area contributed by atoms with E-state index in [4.69, 9.17) is 34.8 Å². The monoisotopic (exact) mass is 410 g/mol. The summed E-state index contributed by atoms with van der Waals surface area (Å²) in [6, 6.07) is 0.795. The van der Waals surface area contributed by atoms with Gasteiger partial charge in [-0.1, -0.05) is 34.8 Å². The minimum atomic E-state index is -4.75. The number of rotatable bonds is 3. The molecule has 0 fully saturated rings. The van der Waals surface area contributed by atoms with Gasteiger partial charge in [0.25, 0.3) is 0 Å². The summed E-state index contributed by atoms with van der Waals surface area (Å²) in [5, 5.41) is -5.67. The zero-order chi connectivity index (χ0) is 17.6. The maximum Gasteiger partial charge on any atom is 0.416 e. The Hall–Kier alpha value is -0.700. The van der Waals surface area contributed by atoms with E-state index in [9.17, 15) is 22.0 Å². The molecule has 1 aromatic heterocycles. The van der Waals surface area contributed by atoms with Gasteiger partial charge in [0, 0.05) is 0 Å². The number of benzene rings is 1. The second-order valence-electron chi connectivity index (χ2n) is 4.37. The van der Waals surface area contributed by atoms with Crippen LogP contribution in [0.5, 0.6) is 0 Å². The number of aryl methyl sites for hydroxylation is 1. The van der Waals surface area contributed by atoms with Crippen molar-refractivity contribution in [3.05, 3.63) is 44.3 Å². The number of H-pyrrole nitrogens is 1. The number of hydrogen-bond acceptors (Lipinski definition) is 2. The van der Waals surface area contributed by atoms with Gasteiger partial charge in [-0.3, -0.25) is 0 Å². The molecule has 0 unspecified atom stereocenters. The highest BCUT2D eigenvalue weighted by Crippen LogP contribution is 2.51. The summed E-state index contributed by atoms with van der Waals surface area (Å²) >= 11 is 16.8. The lowest BCUT2D eigenvalue weighted by Gasteiger charge is -2.19. The van der Waals surface area contributed by atoms with E-state index in [0.717, 1.165) is 0 Å². The second kappa shape index (κ2) is 6.31. The molecule has 2 aromatic rings. The second-order valence-corrected chi connectivity index (χ2v) is 6.67. The van der Waals surface area contributed by atoms with Crippen molar-refractivity contribution in [2.75, 3.05) is 0 Å². The fraction of sp³-hybridized carbons (Fsp3) is 0.250. The largest absolute Gasteiger partial charge is 0.416 e. The molecule has 0 aliphatic rings. The molecule has 2 rings (SSSR count). The fourth-order valence-corrected chi connectivity index (χ4v) is 3.72. The van der Waals surface area contributed by atoms with E-state index in [-0.39, 0.29) is 21.9 Å². The first-order chi connectivity index (χ1) is 10.4. The smallest absolute Gasteiger partial charge is 0.332 e. The van der Waals surface area contributed by atoms with E-state index in [2.05, 4.69) is 9.97 Å². The quantitative estimate of drug-likeness (QED) is 0.459. The number of aromatic nitrogens is 2. The highest BCUT2D eigenvalue weighted by atomic mass is 35.5. The number of nitrogens with one attached hydrogen (secondary N) is 1. The van der Waals surface area contributed by atoms with Crippen molar-refractivity contribution in [1.82, 2.24) is 9.97 Å². The number of hydrogen-bond donors (Lipinski definition) is 1. The van der Waals surface area contributed by atoms with Gasteiger partial charge in [-0.25, -0.2) is 4.98 Å². The van der Waals surface area contributed by atoms with E-state index < -0.39 is 32.6 Å². The van der Waals surface area contributed by atoms with Gasteiger partial charge in [0.05, 0.1) is 21.2 Å². The van der Waals surface area contributed by atoms with Crippen molar-refractivity contribution >= 4 is 46.6 Å². The minimum absolute atomic E-state index is 0.0697. The topological polar surface area (TPSA) is 28.7 Å². The molecule has 0 saturated heterocycles. The Morgan fingerprint density at radius 2 is 1.57 bits per heavy atom. The van der Waals surface area contributed by atoms with Gasteiger partial charge in [0.15, 0.2) is 0 Å². The molecule has 126 valence electrons. The predicted molar refractivity (Wildman–Crippen MR) is 79.5 cm³/mol. The number of nitrogens with zero attached hydrogens (tertiary/aromatic N) is 1. The first-order valence-corrected chi connectivity index (χ1v) is 7.72. The van der Waals surface area contributed by atoms with Gasteiger partial charge in [-0.15, -0.1) is 0 Å². The van der Waals surface area contributed by atoms with Crippen LogP contribution in [0.1, 0.15) is 17.0 Å². The number of halogens is 8. The van der Waals surface area contributed by atoms with Crippen LogP contribution in [-0.2, 0) is 11.4 Å². The van der Waals surface area contributed by atoms with Crippen molar-refractivity contribution < 1.29 is 22.0 Å². The number of thioether (sulfide) groups is 1. The third-order valence-electron chi connectivity index (χ3n) is 2.63. The van der Waals surface area contributed by atoms with Crippen molar-refractivity contribution in [2.45, 2.75) is 23.4 Å². The van der Waals surface area contributed by atoms with Crippen molar-refractivity contribution in [3.8, 4) is 0 Å². The van der Waals surface area contributed by atoms with E-state index in [1.807, 2.05) is 0 Å². The Morgan fingerprint density at radius 3 is 1.96 bits per heavy atom. The van der Waals surface area contributed by atoms with Gasteiger partial charge in [0.1, 0.15) is 16.0 Å². The molecule has 1 N–H and O–H groups in total. The molecule has 2 nitrogen and oxygen atoms in total. The molecule has 0 saturated carbocycles. The first-order valence-electron chi connectivity index (χ1n) is 5.77. The highest BCUT2D eigenvalue weighted by Gasteiger charge is 2.41. The summed E-state index contributed by atoms with van der Waals surface area (Å²) in [7, 11) is 0. The zero-order valence-corrected chi connectivity index (χ0v) is 14.1. The molecule has 0 bridgehead atoms. The van der Waals surface area contributed by atoms with Crippen molar-refractivity contribution in [3.63, 3.8) is 0 Å². The summed E-state index contributed by atoms with van der Waals surface area (Å²) in [6.07, 6.45) is -4.75. The van der Waals surface area contributed by atoms with Crippen LogP contribution in [-0.4, -0.2) is 9.97 Å². The molecular weight excluding hydrogens is 406 g/mol. The summed E-state index contributed by atoms with van der Waals surface area (Å²) in [6.45, 7) is 1.51. The van der Waals surface area contributed by atoms with Crippen molar-refractivity contribution in [1.29, 1.82) is 0 Å². The summed E-state index contributed by atoms with van der Waals surface area (Å²) in [5.41, 5.74) is -2.15. The van der Waals surface area contributed by atoms with E-state index >= 15 is 0 Å². The van der Waals surface area contributed by atoms with Crippen LogP contribution in [0.3, 0.4) is 0 Å². The van der Waals surface area contributed by atoms with Crippen LogP contribution in [0.4, 0.5) is 22.0 Å². The fourth-order valence-electron chi connectivity index (χ4n) is 1.70. The normalized spacial score (nSPS) is 12.7. The zero-order valence-electron chi connectivity index (χ0n) is 11.0. The van der Waals surface area contributed by atoms with Gasteiger partial charge >= 0.3 is 11.4 Å². The molecular formula is C12H6Cl3F5N2S. The molecule has 0 atom stereocenters. The Labute approximate surface area is 146 Å². The Kier molecular flexibility index (Phi) is 5.11. The van der Waals surface area contributed by atoms with Crippen molar-refractivity contribution in [2.24, 2.45) is 0 Å². The molecule has 0 amide bonds. The Bertz CT molecular complexity index is 722. The molecule has 23 heavy (non-hydrogen) atoms. The summed E-state index contributed by atoms with van der Waals surface area (Å²) in [4.78, 5) is 6.29. The SMILES string of the molecule is Cc1nc(SC(F)(F)c2c(Cl)cc(C(F)(F)F)cc2Cl)c(Cl)[nH]1. The lowest BCUT2D eigenvalue weighted by atomic mass is 10.1. The van der Waals surface area contributed by atoms with E-state index in [1.54, 1.807) is 0 Å². The Morgan fingerprint density at radius 1 is 1.04 bits per heavy atom. The van der Waals surface area contributed by atoms with Gasteiger partial charge in [-0.05, 0) is 30.8 Å². The molecule has 0 radical (unpaired) electrons. The van der Waals surface area contributed by atoms with Crippen LogP contribution in [0.15, 0.2) is 17.2 Å². The average molecular weight is 412 g/mol. The van der Waals surface area contributed by atoms with E-state index in [0.29, 0.717) is 18.0 Å². The molecule has 1 heterocycles. The highest BCUT2D eigenvalue weighted by molar-refractivity contribution is 8.00. The molecule has 11 heteroatoms. The summed E-state index contributed by atoms with van der Waals surface area (Å²) < 4.78 is 66.7. The lowest BCUT2D eigenvalue weighted by molar-refractivity contribution is -0.137. The maximum atomic E-state index is 14.4. The lowest BCUT2D eigenvalue weighted by Crippen LogP contribution is -2.12. The number of alkyl halides is 5. The van der Waals surface area contributed by atoms with Gasteiger partial charge in [-0.2, -0.15) is 22.0 Å². The van der Waals surface area contributed by atoms with Crippen LogP contribution in [0, 0.1) is 6.92 Å². The molecule has 0 aliphatic heterocycles. The van der Waals surface area contributed by atoms with Gasteiger partial charge in [0.2, 0.25) is 0 Å².